The van der Waals surface area contributed by atoms with Crippen LogP contribution in [0.25, 0.3) is 0 Å². The third-order valence-electron chi connectivity index (χ3n) is 2.28. The van der Waals surface area contributed by atoms with Crippen molar-refractivity contribution in [1.82, 2.24) is 9.80 Å². The molecule has 1 atom stereocenters. The van der Waals surface area contributed by atoms with E-state index in [2.05, 4.69) is 15.0 Å². The lowest BCUT2D eigenvalue weighted by Crippen LogP contribution is -2.44. The lowest BCUT2D eigenvalue weighted by molar-refractivity contribution is 0.244. The molecule has 0 aliphatic carbocycles. The standard InChI is InChI=1S/C9H22N4O/c1-5-8(9(10)11-14)13(4)7-6-12(2)3/h8,14H,5-7H2,1-4H3,(H2,10,11). The molecule has 0 bridgehead atoms. The quantitative estimate of drug-likeness (QED) is 0.275. The summed E-state index contributed by atoms with van der Waals surface area (Å²) in [6, 6.07) is 0.0277. The van der Waals surface area contributed by atoms with Gasteiger partial charge in [0.25, 0.3) is 0 Å². The van der Waals surface area contributed by atoms with Crippen LogP contribution in [0.4, 0.5) is 0 Å². The summed E-state index contributed by atoms with van der Waals surface area (Å²) in [6.07, 6.45) is 0.847. The maximum absolute atomic E-state index is 8.59. The van der Waals surface area contributed by atoms with Crippen molar-refractivity contribution in [3.8, 4) is 0 Å². The predicted molar refractivity (Wildman–Crippen MR) is 58.7 cm³/mol. The van der Waals surface area contributed by atoms with Crippen LogP contribution in [0.15, 0.2) is 5.16 Å². The minimum absolute atomic E-state index is 0.0277. The fraction of sp³-hybridized carbons (Fsp3) is 0.889. The lowest BCUT2D eigenvalue weighted by atomic mass is 10.2. The number of hydrogen-bond acceptors (Lipinski definition) is 4. The molecule has 0 radical (unpaired) electrons. The summed E-state index contributed by atoms with van der Waals surface area (Å²) < 4.78 is 0. The lowest BCUT2D eigenvalue weighted by Gasteiger charge is -2.26. The zero-order valence-electron chi connectivity index (χ0n) is 9.56. The Bertz CT molecular complexity index is 182. The zero-order valence-corrected chi connectivity index (χ0v) is 9.56. The molecule has 0 saturated heterocycles. The fourth-order valence-electron chi connectivity index (χ4n) is 1.33. The molecule has 0 aromatic heterocycles. The van der Waals surface area contributed by atoms with Gasteiger partial charge >= 0.3 is 0 Å². The predicted octanol–water partition coefficient (Wildman–Crippen LogP) is 0.00480. The highest BCUT2D eigenvalue weighted by molar-refractivity contribution is 5.85. The van der Waals surface area contributed by atoms with E-state index in [4.69, 9.17) is 10.9 Å². The van der Waals surface area contributed by atoms with Crippen LogP contribution in [0.3, 0.4) is 0 Å². The molecular weight excluding hydrogens is 180 g/mol. The smallest absolute Gasteiger partial charge is 0.156 e. The van der Waals surface area contributed by atoms with Gasteiger partial charge in [0.05, 0.1) is 6.04 Å². The Morgan fingerprint density at radius 3 is 2.29 bits per heavy atom. The van der Waals surface area contributed by atoms with Crippen molar-refractivity contribution >= 4 is 5.84 Å². The molecule has 84 valence electrons. The molecule has 5 heteroatoms. The van der Waals surface area contributed by atoms with Gasteiger partial charge in [-0.2, -0.15) is 0 Å². The second-order valence-electron chi connectivity index (χ2n) is 3.73. The summed E-state index contributed by atoms with van der Waals surface area (Å²) in [5.74, 6) is 0.286. The SMILES string of the molecule is CCC(C(N)=NO)N(C)CCN(C)C. The van der Waals surface area contributed by atoms with Crippen molar-refractivity contribution in [1.29, 1.82) is 0 Å². The van der Waals surface area contributed by atoms with Crippen LogP contribution in [0.2, 0.25) is 0 Å². The molecule has 0 amide bonds. The molecule has 0 aromatic rings. The first-order chi connectivity index (χ1) is 6.52. The summed E-state index contributed by atoms with van der Waals surface area (Å²) in [4.78, 5) is 4.20. The van der Waals surface area contributed by atoms with Crippen LogP contribution >= 0.6 is 0 Å². The van der Waals surface area contributed by atoms with E-state index in [9.17, 15) is 0 Å². The highest BCUT2D eigenvalue weighted by Crippen LogP contribution is 2.01. The van der Waals surface area contributed by atoms with E-state index in [1.165, 1.54) is 0 Å². The van der Waals surface area contributed by atoms with Crippen LogP contribution in [0, 0.1) is 0 Å². The fourth-order valence-corrected chi connectivity index (χ4v) is 1.33. The molecule has 0 fully saturated rings. The van der Waals surface area contributed by atoms with Crippen molar-refractivity contribution in [3.05, 3.63) is 0 Å². The monoisotopic (exact) mass is 202 g/mol. The molecule has 3 N–H and O–H groups in total. The number of oxime groups is 1. The largest absolute Gasteiger partial charge is 0.409 e. The maximum Gasteiger partial charge on any atom is 0.156 e. The highest BCUT2D eigenvalue weighted by atomic mass is 16.4. The van der Waals surface area contributed by atoms with Gasteiger partial charge in [-0.05, 0) is 27.6 Å². The van der Waals surface area contributed by atoms with Gasteiger partial charge in [-0.25, -0.2) is 0 Å². The van der Waals surface area contributed by atoms with Crippen molar-refractivity contribution in [2.24, 2.45) is 10.9 Å². The minimum atomic E-state index is 0.0277. The topological polar surface area (TPSA) is 65.1 Å². The first-order valence-electron chi connectivity index (χ1n) is 4.85. The number of rotatable bonds is 6. The van der Waals surface area contributed by atoms with Crippen LogP contribution in [0.5, 0.6) is 0 Å². The Balaban J connectivity index is 4.11. The van der Waals surface area contributed by atoms with E-state index in [1.54, 1.807) is 0 Å². The van der Waals surface area contributed by atoms with Gasteiger partial charge in [0, 0.05) is 13.1 Å². The number of amidine groups is 1. The number of hydrogen-bond donors (Lipinski definition) is 2. The van der Waals surface area contributed by atoms with Gasteiger partial charge in [0.2, 0.25) is 0 Å². The molecule has 1 unspecified atom stereocenters. The Kier molecular flexibility index (Phi) is 6.23. The van der Waals surface area contributed by atoms with E-state index >= 15 is 0 Å². The third kappa shape index (κ3) is 4.43. The summed E-state index contributed by atoms with van der Waals surface area (Å²) >= 11 is 0. The van der Waals surface area contributed by atoms with Gasteiger partial charge in [-0.1, -0.05) is 12.1 Å². The molecule has 0 aromatic carbocycles. The molecule has 0 heterocycles. The van der Waals surface area contributed by atoms with Gasteiger partial charge in [-0.15, -0.1) is 0 Å². The van der Waals surface area contributed by atoms with Gasteiger partial charge < -0.3 is 15.8 Å². The molecule has 0 saturated carbocycles. The molecule has 0 aliphatic heterocycles. The van der Waals surface area contributed by atoms with Crippen LogP contribution in [0.1, 0.15) is 13.3 Å². The van der Waals surface area contributed by atoms with E-state index in [0.717, 1.165) is 19.5 Å². The number of nitrogens with zero attached hydrogens (tertiary/aromatic N) is 3. The average molecular weight is 202 g/mol. The van der Waals surface area contributed by atoms with E-state index in [1.807, 2.05) is 28.1 Å². The van der Waals surface area contributed by atoms with Crippen molar-refractivity contribution in [3.63, 3.8) is 0 Å². The summed E-state index contributed by atoms with van der Waals surface area (Å²) in [7, 11) is 6.03. The van der Waals surface area contributed by atoms with Gasteiger partial charge in [0.15, 0.2) is 5.84 Å². The summed E-state index contributed by atoms with van der Waals surface area (Å²) in [6.45, 7) is 3.89. The van der Waals surface area contributed by atoms with Crippen LogP contribution in [-0.2, 0) is 0 Å². The zero-order chi connectivity index (χ0) is 11.1. The maximum atomic E-state index is 8.59. The Morgan fingerprint density at radius 1 is 1.36 bits per heavy atom. The Hall–Kier alpha value is -0.810. The molecule has 0 aliphatic rings. The Labute approximate surface area is 86.2 Å². The van der Waals surface area contributed by atoms with Crippen LogP contribution in [-0.4, -0.2) is 61.1 Å². The highest BCUT2D eigenvalue weighted by Gasteiger charge is 2.16. The first-order valence-corrected chi connectivity index (χ1v) is 4.85. The second-order valence-corrected chi connectivity index (χ2v) is 3.73. The van der Waals surface area contributed by atoms with E-state index in [0.29, 0.717) is 0 Å². The minimum Gasteiger partial charge on any atom is -0.409 e. The molecular formula is C9H22N4O. The Morgan fingerprint density at radius 2 is 1.93 bits per heavy atom. The summed E-state index contributed by atoms with van der Waals surface area (Å²) in [5.41, 5.74) is 5.58. The first kappa shape index (κ1) is 13.2. The van der Waals surface area contributed by atoms with Crippen LogP contribution < -0.4 is 5.73 Å². The third-order valence-corrected chi connectivity index (χ3v) is 2.28. The molecule has 0 spiro atoms. The van der Waals surface area contributed by atoms with E-state index < -0.39 is 0 Å². The van der Waals surface area contributed by atoms with Crippen molar-refractivity contribution < 1.29 is 5.21 Å². The number of likely N-dealkylation sites (N-methyl/N-ethyl adjacent to an activating group) is 2. The average Bonchev–Trinajstić information content (AvgIpc) is 2.15. The summed E-state index contributed by atoms with van der Waals surface area (Å²) in [5, 5.41) is 11.6. The van der Waals surface area contributed by atoms with E-state index in [-0.39, 0.29) is 11.9 Å². The van der Waals surface area contributed by atoms with Crippen molar-refractivity contribution in [2.75, 3.05) is 34.2 Å². The molecule has 0 rings (SSSR count). The second kappa shape index (κ2) is 6.62. The normalized spacial score (nSPS) is 15.1. The molecule has 14 heavy (non-hydrogen) atoms. The van der Waals surface area contributed by atoms with Gasteiger partial charge in [0.1, 0.15) is 0 Å². The van der Waals surface area contributed by atoms with Crippen molar-refractivity contribution in [2.45, 2.75) is 19.4 Å². The molecule has 5 nitrogen and oxygen atoms in total. The number of nitrogens with two attached hydrogens (primary N) is 1. The van der Waals surface area contributed by atoms with Gasteiger partial charge in [-0.3, -0.25) is 4.90 Å².